The van der Waals surface area contributed by atoms with Crippen LogP contribution in [0.15, 0.2) is 18.2 Å². The topological polar surface area (TPSA) is 70.2 Å². The summed E-state index contributed by atoms with van der Waals surface area (Å²) in [5.74, 6) is 0.304. The molecule has 1 aliphatic carbocycles. The van der Waals surface area contributed by atoms with Crippen LogP contribution in [-0.2, 0) is 0 Å². The van der Waals surface area contributed by atoms with Gasteiger partial charge in [0.15, 0.2) is 0 Å². The monoisotopic (exact) mass is 365 g/mol. The zero-order valence-electron chi connectivity index (χ0n) is 15.0. The van der Waals surface area contributed by atoms with Crippen LogP contribution in [0.1, 0.15) is 62.7 Å². The summed E-state index contributed by atoms with van der Waals surface area (Å²) in [5.41, 5.74) is 0.949. The van der Waals surface area contributed by atoms with E-state index >= 15 is 0 Å². The Morgan fingerprint density at radius 3 is 2.68 bits per heavy atom. The van der Waals surface area contributed by atoms with E-state index in [-0.39, 0.29) is 18.0 Å². The molecule has 0 saturated heterocycles. The Hall–Kier alpha value is -1.75. The van der Waals surface area contributed by atoms with E-state index in [1.54, 1.807) is 18.2 Å². The molecular formula is C19H28ClN3O2. The van der Waals surface area contributed by atoms with Gasteiger partial charge in [0.05, 0.1) is 10.6 Å². The lowest BCUT2D eigenvalue weighted by atomic mass is 9.99. The van der Waals surface area contributed by atoms with Crippen LogP contribution in [0.4, 0.5) is 10.5 Å². The van der Waals surface area contributed by atoms with Crippen molar-refractivity contribution < 1.29 is 9.59 Å². The molecule has 1 fully saturated rings. The molecule has 1 unspecified atom stereocenters. The fourth-order valence-electron chi connectivity index (χ4n) is 2.62. The quantitative estimate of drug-likeness (QED) is 0.599. The van der Waals surface area contributed by atoms with Crippen molar-refractivity contribution in [1.29, 1.82) is 0 Å². The summed E-state index contributed by atoms with van der Waals surface area (Å²) >= 11 is 6.11. The van der Waals surface area contributed by atoms with Crippen molar-refractivity contribution in [1.82, 2.24) is 10.6 Å². The fourth-order valence-corrected chi connectivity index (χ4v) is 2.83. The van der Waals surface area contributed by atoms with Crippen LogP contribution in [0.2, 0.25) is 5.02 Å². The van der Waals surface area contributed by atoms with E-state index in [1.807, 2.05) is 0 Å². The number of hydrogen-bond donors (Lipinski definition) is 3. The lowest BCUT2D eigenvalue weighted by Gasteiger charge is -2.16. The average molecular weight is 366 g/mol. The molecule has 1 atom stereocenters. The second-order valence-electron chi connectivity index (χ2n) is 6.69. The first kappa shape index (κ1) is 19.6. The molecule has 0 aromatic heterocycles. The van der Waals surface area contributed by atoms with Gasteiger partial charge in [0, 0.05) is 18.3 Å². The standard InChI is InChI=1S/C19H28ClN3O2/c1-3-5-6-13(4-2)12-21-19(25)23-15-9-10-17(20)16(11-15)18(24)22-14-7-8-14/h9-11,13-14H,3-8,12H2,1-2H3,(H,22,24)(H2,21,23,25). The van der Waals surface area contributed by atoms with Gasteiger partial charge in [0.1, 0.15) is 0 Å². The summed E-state index contributed by atoms with van der Waals surface area (Å²) < 4.78 is 0. The maximum atomic E-state index is 12.2. The summed E-state index contributed by atoms with van der Waals surface area (Å²) in [4.78, 5) is 24.3. The predicted octanol–water partition coefficient (Wildman–Crippen LogP) is 4.57. The van der Waals surface area contributed by atoms with Crippen molar-refractivity contribution in [2.45, 2.75) is 58.4 Å². The van der Waals surface area contributed by atoms with Crippen molar-refractivity contribution in [3.63, 3.8) is 0 Å². The highest BCUT2D eigenvalue weighted by Gasteiger charge is 2.24. The second-order valence-corrected chi connectivity index (χ2v) is 7.10. The Morgan fingerprint density at radius 2 is 2.04 bits per heavy atom. The van der Waals surface area contributed by atoms with Gasteiger partial charge in [-0.15, -0.1) is 0 Å². The third kappa shape index (κ3) is 6.58. The number of rotatable bonds is 9. The molecule has 25 heavy (non-hydrogen) atoms. The number of amides is 3. The number of urea groups is 1. The molecule has 138 valence electrons. The molecule has 3 amide bonds. The first-order valence-corrected chi connectivity index (χ1v) is 9.56. The summed E-state index contributed by atoms with van der Waals surface area (Å²) in [5, 5.41) is 8.98. The van der Waals surface area contributed by atoms with Gasteiger partial charge in [0.25, 0.3) is 5.91 Å². The van der Waals surface area contributed by atoms with Crippen LogP contribution in [0.5, 0.6) is 0 Å². The molecule has 6 heteroatoms. The number of nitrogens with one attached hydrogen (secondary N) is 3. The van der Waals surface area contributed by atoms with Crippen LogP contribution in [0, 0.1) is 5.92 Å². The summed E-state index contributed by atoms with van der Waals surface area (Å²) in [6.45, 7) is 4.97. The molecule has 0 bridgehead atoms. The Bertz CT molecular complexity index is 602. The number of halogens is 1. The smallest absolute Gasteiger partial charge is 0.319 e. The molecule has 1 saturated carbocycles. The highest BCUT2D eigenvalue weighted by atomic mass is 35.5. The van der Waals surface area contributed by atoms with Gasteiger partial charge in [0.2, 0.25) is 0 Å². The highest BCUT2D eigenvalue weighted by molar-refractivity contribution is 6.34. The van der Waals surface area contributed by atoms with E-state index in [2.05, 4.69) is 29.8 Å². The number of carbonyl (C=O) groups excluding carboxylic acids is 2. The molecule has 0 spiro atoms. The first-order chi connectivity index (χ1) is 12.0. The van der Waals surface area contributed by atoms with Gasteiger partial charge < -0.3 is 16.0 Å². The van der Waals surface area contributed by atoms with Crippen molar-refractivity contribution >= 4 is 29.2 Å². The van der Waals surface area contributed by atoms with E-state index in [1.165, 1.54) is 12.8 Å². The number of hydrogen-bond acceptors (Lipinski definition) is 2. The minimum atomic E-state index is -0.258. The molecule has 1 aromatic rings. The van der Waals surface area contributed by atoms with E-state index in [9.17, 15) is 9.59 Å². The lowest BCUT2D eigenvalue weighted by molar-refractivity contribution is 0.0951. The zero-order valence-corrected chi connectivity index (χ0v) is 15.8. The Balaban J connectivity index is 1.88. The van der Waals surface area contributed by atoms with Gasteiger partial charge in [-0.1, -0.05) is 44.7 Å². The van der Waals surface area contributed by atoms with E-state index < -0.39 is 0 Å². The molecule has 0 radical (unpaired) electrons. The maximum Gasteiger partial charge on any atom is 0.319 e. The molecule has 2 rings (SSSR count). The van der Waals surface area contributed by atoms with Crippen molar-refractivity contribution in [2.75, 3.05) is 11.9 Å². The first-order valence-electron chi connectivity index (χ1n) is 9.18. The van der Waals surface area contributed by atoms with Gasteiger partial charge in [-0.05, 0) is 43.4 Å². The van der Waals surface area contributed by atoms with Crippen LogP contribution in [0.25, 0.3) is 0 Å². The van der Waals surface area contributed by atoms with E-state index in [0.29, 0.717) is 28.7 Å². The minimum absolute atomic E-state index is 0.192. The Kier molecular flexibility index (Phi) is 7.56. The van der Waals surface area contributed by atoms with Crippen LogP contribution < -0.4 is 16.0 Å². The molecule has 3 N–H and O–H groups in total. The van der Waals surface area contributed by atoms with Gasteiger partial charge in [-0.3, -0.25) is 4.79 Å². The lowest BCUT2D eigenvalue weighted by Crippen LogP contribution is -2.33. The van der Waals surface area contributed by atoms with E-state index in [4.69, 9.17) is 11.6 Å². The van der Waals surface area contributed by atoms with Crippen molar-refractivity contribution in [2.24, 2.45) is 5.92 Å². The fraction of sp³-hybridized carbons (Fsp3) is 0.579. The van der Waals surface area contributed by atoms with Gasteiger partial charge in [-0.25, -0.2) is 4.79 Å². The van der Waals surface area contributed by atoms with Gasteiger partial charge >= 0.3 is 6.03 Å². The third-order valence-corrected chi connectivity index (χ3v) is 4.81. The van der Waals surface area contributed by atoms with E-state index in [0.717, 1.165) is 25.7 Å². The SMILES string of the molecule is CCCCC(CC)CNC(=O)Nc1ccc(Cl)c(C(=O)NC2CC2)c1. The minimum Gasteiger partial charge on any atom is -0.349 e. The van der Waals surface area contributed by atoms with Gasteiger partial charge in [-0.2, -0.15) is 0 Å². The third-order valence-electron chi connectivity index (χ3n) is 4.48. The zero-order chi connectivity index (χ0) is 18.2. The molecule has 0 aliphatic heterocycles. The highest BCUT2D eigenvalue weighted by Crippen LogP contribution is 2.24. The van der Waals surface area contributed by atoms with Crippen LogP contribution >= 0.6 is 11.6 Å². The Labute approximate surface area is 154 Å². The van der Waals surface area contributed by atoms with Crippen molar-refractivity contribution in [3.05, 3.63) is 28.8 Å². The molecule has 1 aliphatic rings. The number of anilines is 1. The maximum absolute atomic E-state index is 12.2. The summed E-state index contributed by atoms with van der Waals surface area (Å²) in [6, 6.07) is 4.95. The predicted molar refractivity (Wildman–Crippen MR) is 102 cm³/mol. The average Bonchev–Trinajstić information content (AvgIpc) is 3.40. The number of unbranched alkanes of at least 4 members (excludes halogenated alkanes) is 1. The van der Waals surface area contributed by atoms with Crippen molar-refractivity contribution in [3.8, 4) is 0 Å². The number of benzene rings is 1. The van der Waals surface area contributed by atoms with Crippen LogP contribution in [0.3, 0.4) is 0 Å². The summed E-state index contributed by atoms with van der Waals surface area (Å²) in [6.07, 6.45) is 6.55. The number of carbonyl (C=O) groups is 2. The molecule has 0 heterocycles. The largest absolute Gasteiger partial charge is 0.349 e. The second kappa shape index (κ2) is 9.66. The molecule has 1 aromatic carbocycles. The normalized spacial score (nSPS) is 14.7. The summed E-state index contributed by atoms with van der Waals surface area (Å²) in [7, 11) is 0. The molecule has 5 nitrogen and oxygen atoms in total. The molecular weight excluding hydrogens is 338 g/mol. The Morgan fingerprint density at radius 1 is 1.28 bits per heavy atom. The van der Waals surface area contributed by atoms with Crippen LogP contribution in [-0.4, -0.2) is 24.5 Å².